The molecule has 1 aromatic heterocycles. The van der Waals surface area contributed by atoms with E-state index in [0.29, 0.717) is 18.4 Å². The number of halogens is 1. The SMILES string of the molecule is CNS(=O)(=O)c1cc(C(N)=O)c(CCc2ccco2)cc1Cl. The number of sulfonamides is 1. The smallest absolute Gasteiger partial charge is 0.249 e. The lowest BCUT2D eigenvalue weighted by molar-refractivity contribution is 0.0999. The van der Waals surface area contributed by atoms with Gasteiger partial charge in [-0.3, -0.25) is 4.79 Å². The van der Waals surface area contributed by atoms with Gasteiger partial charge in [0.25, 0.3) is 0 Å². The Morgan fingerprint density at radius 1 is 1.36 bits per heavy atom. The molecule has 2 rings (SSSR count). The van der Waals surface area contributed by atoms with Gasteiger partial charge in [0.2, 0.25) is 15.9 Å². The van der Waals surface area contributed by atoms with Crippen molar-refractivity contribution >= 4 is 27.5 Å². The van der Waals surface area contributed by atoms with Crippen LogP contribution >= 0.6 is 11.6 Å². The molecule has 0 spiro atoms. The molecular weight excluding hydrogens is 328 g/mol. The van der Waals surface area contributed by atoms with Crippen molar-refractivity contribution in [1.29, 1.82) is 0 Å². The van der Waals surface area contributed by atoms with Gasteiger partial charge in [0, 0.05) is 12.0 Å². The summed E-state index contributed by atoms with van der Waals surface area (Å²) in [7, 11) is -2.50. The maximum Gasteiger partial charge on any atom is 0.249 e. The fourth-order valence-electron chi connectivity index (χ4n) is 2.06. The largest absolute Gasteiger partial charge is 0.469 e. The number of carbonyl (C=O) groups excluding carboxylic acids is 1. The number of rotatable bonds is 6. The highest BCUT2D eigenvalue weighted by Crippen LogP contribution is 2.26. The highest BCUT2D eigenvalue weighted by molar-refractivity contribution is 7.89. The third-order valence-electron chi connectivity index (χ3n) is 3.20. The van der Waals surface area contributed by atoms with Gasteiger partial charge in [0.05, 0.1) is 11.3 Å². The van der Waals surface area contributed by atoms with E-state index in [2.05, 4.69) is 4.72 Å². The fourth-order valence-corrected chi connectivity index (χ4v) is 3.36. The molecular formula is C14H15ClN2O4S. The first-order valence-electron chi connectivity index (χ1n) is 6.43. The molecule has 0 aliphatic heterocycles. The number of hydrogen-bond donors (Lipinski definition) is 2. The van der Waals surface area contributed by atoms with Crippen LogP contribution in [0.15, 0.2) is 39.8 Å². The average molecular weight is 343 g/mol. The van der Waals surface area contributed by atoms with Crippen LogP contribution in [0.25, 0.3) is 0 Å². The molecule has 6 nitrogen and oxygen atoms in total. The lowest BCUT2D eigenvalue weighted by Gasteiger charge is -2.11. The second-order valence-corrected chi connectivity index (χ2v) is 6.85. The van der Waals surface area contributed by atoms with Gasteiger partial charge in [0.1, 0.15) is 10.7 Å². The minimum atomic E-state index is -3.77. The molecule has 0 aliphatic rings. The van der Waals surface area contributed by atoms with E-state index < -0.39 is 15.9 Å². The van der Waals surface area contributed by atoms with Crippen LogP contribution in [-0.4, -0.2) is 21.4 Å². The molecule has 0 fully saturated rings. The number of hydrogen-bond acceptors (Lipinski definition) is 4. The van der Waals surface area contributed by atoms with E-state index in [1.807, 2.05) is 6.07 Å². The molecule has 0 atom stereocenters. The van der Waals surface area contributed by atoms with Crippen LogP contribution in [0.4, 0.5) is 0 Å². The maximum atomic E-state index is 11.9. The Kier molecular flexibility index (Phi) is 4.90. The summed E-state index contributed by atoms with van der Waals surface area (Å²) in [6.45, 7) is 0. The van der Waals surface area contributed by atoms with Crippen LogP contribution in [0, 0.1) is 0 Å². The monoisotopic (exact) mass is 342 g/mol. The van der Waals surface area contributed by atoms with Crippen molar-refractivity contribution in [2.24, 2.45) is 5.73 Å². The lowest BCUT2D eigenvalue weighted by Crippen LogP contribution is -2.21. The van der Waals surface area contributed by atoms with Crippen LogP contribution < -0.4 is 10.5 Å². The summed E-state index contributed by atoms with van der Waals surface area (Å²) >= 11 is 6.04. The van der Waals surface area contributed by atoms with Crippen molar-refractivity contribution < 1.29 is 17.6 Å². The highest BCUT2D eigenvalue weighted by Gasteiger charge is 2.21. The van der Waals surface area contributed by atoms with Crippen molar-refractivity contribution in [2.75, 3.05) is 7.05 Å². The van der Waals surface area contributed by atoms with Crippen molar-refractivity contribution in [3.63, 3.8) is 0 Å². The number of benzene rings is 1. The Morgan fingerprint density at radius 3 is 2.64 bits per heavy atom. The third-order valence-corrected chi connectivity index (χ3v) is 5.08. The zero-order chi connectivity index (χ0) is 16.3. The Morgan fingerprint density at radius 2 is 2.09 bits per heavy atom. The molecule has 118 valence electrons. The van der Waals surface area contributed by atoms with Gasteiger partial charge in [-0.2, -0.15) is 0 Å². The van der Waals surface area contributed by atoms with Crippen molar-refractivity contribution in [3.8, 4) is 0 Å². The van der Waals surface area contributed by atoms with Crippen molar-refractivity contribution in [3.05, 3.63) is 52.4 Å². The van der Waals surface area contributed by atoms with Crippen LogP contribution in [0.5, 0.6) is 0 Å². The quantitative estimate of drug-likeness (QED) is 0.834. The zero-order valence-electron chi connectivity index (χ0n) is 11.8. The maximum absolute atomic E-state index is 11.9. The van der Waals surface area contributed by atoms with Crippen LogP contribution in [0.3, 0.4) is 0 Å². The second kappa shape index (κ2) is 6.51. The molecule has 2 aromatic rings. The zero-order valence-corrected chi connectivity index (χ0v) is 13.4. The summed E-state index contributed by atoms with van der Waals surface area (Å²) in [6.07, 6.45) is 2.55. The van der Waals surface area contributed by atoms with E-state index in [-0.39, 0.29) is 15.5 Å². The molecule has 0 saturated carbocycles. The van der Waals surface area contributed by atoms with Gasteiger partial charge in [-0.05, 0) is 43.3 Å². The van der Waals surface area contributed by atoms with Gasteiger partial charge >= 0.3 is 0 Å². The van der Waals surface area contributed by atoms with Gasteiger partial charge in [0.15, 0.2) is 0 Å². The topological polar surface area (TPSA) is 102 Å². The van der Waals surface area contributed by atoms with Gasteiger partial charge in [-0.15, -0.1) is 0 Å². The van der Waals surface area contributed by atoms with Gasteiger partial charge in [-0.25, -0.2) is 13.1 Å². The number of nitrogens with two attached hydrogens (primary N) is 1. The molecule has 0 radical (unpaired) electrons. The van der Waals surface area contributed by atoms with Gasteiger partial charge in [-0.1, -0.05) is 11.6 Å². The predicted molar refractivity (Wildman–Crippen MR) is 82.3 cm³/mol. The summed E-state index contributed by atoms with van der Waals surface area (Å²) in [5, 5.41) is 0.0359. The molecule has 22 heavy (non-hydrogen) atoms. The number of amides is 1. The van der Waals surface area contributed by atoms with Crippen molar-refractivity contribution in [1.82, 2.24) is 4.72 Å². The van der Waals surface area contributed by atoms with E-state index in [9.17, 15) is 13.2 Å². The molecule has 0 unspecified atom stereocenters. The Balaban J connectivity index is 2.42. The van der Waals surface area contributed by atoms with E-state index in [1.54, 1.807) is 12.3 Å². The Bertz CT molecular complexity index is 785. The normalized spacial score (nSPS) is 11.5. The number of nitrogens with one attached hydrogen (secondary N) is 1. The minimum absolute atomic E-state index is 0.0359. The van der Waals surface area contributed by atoms with E-state index in [1.165, 1.54) is 19.2 Å². The molecule has 1 aromatic carbocycles. The average Bonchev–Trinajstić information content (AvgIpc) is 2.97. The summed E-state index contributed by atoms with van der Waals surface area (Å²) in [5.41, 5.74) is 6.05. The van der Waals surface area contributed by atoms with E-state index in [0.717, 1.165) is 5.76 Å². The molecule has 8 heteroatoms. The number of furan rings is 1. The Labute approximate surface area is 133 Å². The Hall–Kier alpha value is -1.83. The number of primary amides is 1. The first-order chi connectivity index (χ1) is 10.3. The minimum Gasteiger partial charge on any atom is -0.469 e. The highest BCUT2D eigenvalue weighted by atomic mass is 35.5. The third kappa shape index (κ3) is 3.49. The van der Waals surface area contributed by atoms with Gasteiger partial charge < -0.3 is 10.2 Å². The first kappa shape index (κ1) is 16.5. The summed E-state index contributed by atoms with van der Waals surface area (Å²) in [4.78, 5) is 11.4. The first-order valence-corrected chi connectivity index (χ1v) is 8.29. The van der Waals surface area contributed by atoms with E-state index in [4.69, 9.17) is 21.8 Å². The predicted octanol–water partition coefficient (Wildman–Crippen LogP) is 1.73. The molecule has 1 heterocycles. The molecule has 3 N–H and O–H groups in total. The van der Waals surface area contributed by atoms with Crippen molar-refractivity contribution in [2.45, 2.75) is 17.7 Å². The van der Waals surface area contributed by atoms with E-state index >= 15 is 0 Å². The number of aryl methyl sites for hydroxylation is 2. The fraction of sp³-hybridized carbons (Fsp3) is 0.214. The summed E-state index contributed by atoms with van der Waals surface area (Å²) in [6, 6.07) is 6.23. The molecule has 0 aliphatic carbocycles. The standard InChI is InChI=1S/C14H15ClN2O4S/c1-17-22(19,20)13-8-11(14(16)18)9(7-12(13)15)4-5-10-3-2-6-21-10/h2-3,6-8,17H,4-5H2,1H3,(H2,16,18). The number of carbonyl (C=O) groups is 1. The molecule has 0 bridgehead atoms. The van der Waals surface area contributed by atoms with Crippen LogP contribution in [0.2, 0.25) is 5.02 Å². The van der Waals surface area contributed by atoms with Crippen LogP contribution in [0.1, 0.15) is 21.7 Å². The lowest BCUT2D eigenvalue weighted by atomic mass is 10.0. The summed E-state index contributed by atoms with van der Waals surface area (Å²) in [5.74, 6) is 0.0390. The summed E-state index contributed by atoms with van der Waals surface area (Å²) < 4.78 is 31.2. The second-order valence-electron chi connectivity index (χ2n) is 4.59. The molecule has 1 amide bonds. The van der Waals surface area contributed by atoms with Crippen LogP contribution in [-0.2, 0) is 22.9 Å². The molecule has 0 saturated heterocycles.